The summed E-state index contributed by atoms with van der Waals surface area (Å²) >= 11 is 6.23. The summed E-state index contributed by atoms with van der Waals surface area (Å²) < 4.78 is 18.9. The number of rotatable bonds is 6. The summed E-state index contributed by atoms with van der Waals surface area (Å²) in [7, 11) is 0. The van der Waals surface area contributed by atoms with E-state index in [0.29, 0.717) is 22.8 Å². The first-order valence-electron chi connectivity index (χ1n) is 6.85. The molecule has 112 valence electrons. The number of ether oxygens (including phenoxy) is 1. The zero-order valence-corrected chi connectivity index (χ0v) is 12.6. The van der Waals surface area contributed by atoms with Crippen molar-refractivity contribution in [1.29, 1.82) is 0 Å². The van der Waals surface area contributed by atoms with Crippen molar-refractivity contribution >= 4 is 11.6 Å². The highest BCUT2D eigenvalue weighted by Crippen LogP contribution is 2.28. The highest BCUT2D eigenvalue weighted by molar-refractivity contribution is 6.31. The van der Waals surface area contributed by atoms with E-state index in [1.807, 2.05) is 25.1 Å². The van der Waals surface area contributed by atoms with Crippen LogP contribution in [0.1, 0.15) is 24.5 Å². The summed E-state index contributed by atoms with van der Waals surface area (Å²) in [5, 5.41) is 0.633. The van der Waals surface area contributed by atoms with Gasteiger partial charge >= 0.3 is 0 Å². The molecular weight excluding hydrogens is 291 g/mol. The van der Waals surface area contributed by atoms with Gasteiger partial charge in [-0.25, -0.2) is 4.39 Å². The Bertz CT molecular complexity index is 607. The zero-order chi connectivity index (χ0) is 15.2. The minimum Gasteiger partial charge on any atom is -0.489 e. The molecular formula is C16H18ClFN2O. The molecule has 1 unspecified atom stereocenters. The van der Waals surface area contributed by atoms with Crippen LogP contribution in [-0.4, -0.2) is 11.0 Å². The van der Waals surface area contributed by atoms with E-state index in [9.17, 15) is 4.39 Å². The standard InChI is InChI=1S/C16H18ClFN2O/c1-2-13(19)7-14-15(17)4-3-5-16(14)21-10-11-6-12(18)9-20-8-11/h3-6,8-9,13H,2,7,10,19H2,1H3. The zero-order valence-electron chi connectivity index (χ0n) is 11.9. The number of pyridine rings is 1. The molecule has 0 aliphatic carbocycles. The Balaban J connectivity index is 2.14. The third kappa shape index (κ3) is 4.41. The molecule has 1 atom stereocenters. The molecule has 1 heterocycles. The predicted molar refractivity (Wildman–Crippen MR) is 81.9 cm³/mol. The van der Waals surface area contributed by atoms with Crippen molar-refractivity contribution in [1.82, 2.24) is 4.98 Å². The van der Waals surface area contributed by atoms with Crippen molar-refractivity contribution in [2.24, 2.45) is 5.73 Å². The lowest BCUT2D eigenvalue weighted by molar-refractivity contribution is 0.301. The number of halogens is 2. The van der Waals surface area contributed by atoms with E-state index in [0.717, 1.165) is 18.2 Å². The Kier molecular flexibility index (Phi) is 5.53. The van der Waals surface area contributed by atoms with Gasteiger partial charge in [0.15, 0.2) is 0 Å². The molecule has 0 spiro atoms. The molecule has 0 bridgehead atoms. The van der Waals surface area contributed by atoms with Crippen molar-refractivity contribution in [2.75, 3.05) is 0 Å². The van der Waals surface area contributed by atoms with Gasteiger partial charge < -0.3 is 10.5 Å². The normalized spacial score (nSPS) is 12.2. The van der Waals surface area contributed by atoms with Crippen LogP contribution in [0.5, 0.6) is 5.75 Å². The summed E-state index contributed by atoms with van der Waals surface area (Å²) in [6.45, 7) is 2.26. The van der Waals surface area contributed by atoms with Gasteiger partial charge in [0.05, 0.1) is 6.20 Å². The maximum Gasteiger partial charge on any atom is 0.141 e. The topological polar surface area (TPSA) is 48.1 Å². The SMILES string of the molecule is CCC(N)Cc1c(Cl)cccc1OCc1cncc(F)c1. The fraction of sp³-hybridized carbons (Fsp3) is 0.312. The van der Waals surface area contributed by atoms with Crippen LogP contribution in [-0.2, 0) is 13.0 Å². The molecule has 0 aliphatic heterocycles. The first-order chi connectivity index (χ1) is 10.1. The molecule has 1 aromatic heterocycles. The van der Waals surface area contributed by atoms with Crippen molar-refractivity contribution in [3.05, 3.63) is 58.6 Å². The maximum absolute atomic E-state index is 13.1. The number of benzene rings is 1. The third-order valence-corrected chi connectivity index (χ3v) is 3.58. The van der Waals surface area contributed by atoms with Crippen LogP contribution < -0.4 is 10.5 Å². The van der Waals surface area contributed by atoms with Crippen molar-refractivity contribution < 1.29 is 9.13 Å². The Labute approximate surface area is 128 Å². The van der Waals surface area contributed by atoms with Crippen LogP contribution in [0, 0.1) is 5.82 Å². The Morgan fingerprint density at radius 1 is 1.38 bits per heavy atom. The molecule has 0 radical (unpaired) electrons. The molecule has 5 heteroatoms. The number of nitrogens with zero attached hydrogens (tertiary/aromatic N) is 1. The van der Waals surface area contributed by atoms with E-state index >= 15 is 0 Å². The first-order valence-corrected chi connectivity index (χ1v) is 7.23. The second kappa shape index (κ2) is 7.38. The number of hydrogen-bond donors (Lipinski definition) is 1. The quantitative estimate of drug-likeness (QED) is 0.884. The Hall–Kier alpha value is -1.65. The number of hydrogen-bond acceptors (Lipinski definition) is 3. The summed E-state index contributed by atoms with van der Waals surface area (Å²) in [5.41, 5.74) is 7.55. The van der Waals surface area contributed by atoms with Gasteiger partial charge in [0.25, 0.3) is 0 Å². The largest absolute Gasteiger partial charge is 0.489 e. The van der Waals surface area contributed by atoms with Crippen molar-refractivity contribution in [3.8, 4) is 5.75 Å². The minimum absolute atomic E-state index is 0.0306. The van der Waals surface area contributed by atoms with Gasteiger partial charge in [-0.15, -0.1) is 0 Å². The van der Waals surface area contributed by atoms with E-state index in [4.69, 9.17) is 22.1 Å². The number of aromatic nitrogens is 1. The predicted octanol–water partition coefficient (Wildman–Crippen LogP) is 3.73. The van der Waals surface area contributed by atoms with E-state index < -0.39 is 0 Å². The number of nitrogens with two attached hydrogens (primary N) is 1. The van der Waals surface area contributed by atoms with Crippen molar-refractivity contribution in [2.45, 2.75) is 32.4 Å². The van der Waals surface area contributed by atoms with Crippen LogP contribution in [0.15, 0.2) is 36.7 Å². The molecule has 2 aromatic rings. The molecule has 0 amide bonds. The highest BCUT2D eigenvalue weighted by atomic mass is 35.5. The third-order valence-electron chi connectivity index (χ3n) is 3.22. The van der Waals surface area contributed by atoms with Crippen LogP contribution in [0.3, 0.4) is 0 Å². The Morgan fingerprint density at radius 2 is 2.19 bits per heavy atom. The average Bonchev–Trinajstić information content (AvgIpc) is 2.47. The lowest BCUT2D eigenvalue weighted by atomic mass is 10.0. The first kappa shape index (κ1) is 15.7. The second-order valence-corrected chi connectivity index (χ2v) is 5.30. The highest BCUT2D eigenvalue weighted by Gasteiger charge is 2.12. The van der Waals surface area contributed by atoms with Gasteiger partial charge in [0, 0.05) is 28.4 Å². The monoisotopic (exact) mass is 308 g/mol. The molecule has 1 aromatic carbocycles. The van der Waals surface area contributed by atoms with E-state index in [-0.39, 0.29) is 18.5 Å². The molecule has 0 saturated heterocycles. The lowest BCUT2D eigenvalue weighted by Crippen LogP contribution is -2.22. The van der Waals surface area contributed by atoms with Crippen LogP contribution in [0.4, 0.5) is 4.39 Å². The summed E-state index contributed by atoms with van der Waals surface area (Å²) in [6, 6.07) is 6.91. The van der Waals surface area contributed by atoms with Crippen LogP contribution in [0.2, 0.25) is 5.02 Å². The van der Waals surface area contributed by atoms with E-state index in [2.05, 4.69) is 4.98 Å². The van der Waals surface area contributed by atoms with Gasteiger partial charge in [0.2, 0.25) is 0 Å². The second-order valence-electron chi connectivity index (χ2n) is 4.89. The van der Waals surface area contributed by atoms with Gasteiger partial charge in [-0.1, -0.05) is 24.6 Å². The van der Waals surface area contributed by atoms with Crippen LogP contribution in [0.25, 0.3) is 0 Å². The summed E-state index contributed by atoms with van der Waals surface area (Å²) in [4.78, 5) is 3.80. The Morgan fingerprint density at radius 3 is 2.90 bits per heavy atom. The van der Waals surface area contributed by atoms with Gasteiger partial charge in [-0.05, 0) is 31.0 Å². The van der Waals surface area contributed by atoms with Gasteiger partial charge in [-0.3, -0.25) is 4.98 Å². The molecule has 2 rings (SSSR count). The van der Waals surface area contributed by atoms with E-state index in [1.165, 1.54) is 6.07 Å². The molecule has 0 saturated carbocycles. The average molecular weight is 309 g/mol. The van der Waals surface area contributed by atoms with Crippen LogP contribution >= 0.6 is 11.6 Å². The minimum atomic E-state index is -0.379. The van der Waals surface area contributed by atoms with Crippen molar-refractivity contribution in [3.63, 3.8) is 0 Å². The molecule has 0 fully saturated rings. The van der Waals surface area contributed by atoms with Gasteiger partial charge in [0.1, 0.15) is 18.2 Å². The fourth-order valence-corrected chi connectivity index (χ4v) is 2.22. The lowest BCUT2D eigenvalue weighted by Gasteiger charge is -2.15. The molecule has 0 aliphatic rings. The fourth-order valence-electron chi connectivity index (χ4n) is 1.97. The van der Waals surface area contributed by atoms with Gasteiger partial charge in [-0.2, -0.15) is 0 Å². The smallest absolute Gasteiger partial charge is 0.141 e. The molecule has 21 heavy (non-hydrogen) atoms. The molecule has 2 N–H and O–H groups in total. The van der Waals surface area contributed by atoms with E-state index in [1.54, 1.807) is 6.20 Å². The summed E-state index contributed by atoms with van der Waals surface area (Å²) in [6.07, 6.45) is 4.24. The summed E-state index contributed by atoms with van der Waals surface area (Å²) in [5.74, 6) is 0.297. The maximum atomic E-state index is 13.1. The molecule has 3 nitrogen and oxygen atoms in total.